The molecule has 2 amide bonds. The normalized spacial score (nSPS) is 10.9. The summed E-state index contributed by atoms with van der Waals surface area (Å²) in [6.45, 7) is 5.83. The molecule has 0 aliphatic carbocycles. The molecule has 4 aromatic rings. The van der Waals surface area contributed by atoms with Crippen LogP contribution in [0.3, 0.4) is 0 Å². The Morgan fingerprint density at radius 3 is 2.52 bits per heavy atom. The highest BCUT2D eigenvalue weighted by Crippen LogP contribution is 2.26. The van der Waals surface area contributed by atoms with Crippen LogP contribution in [0.25, 0.3) is 17.1 Å². The number of hydrogen-bond acceptors (Lipinski definition) is 4. The van der Waals surface area contributed by atoms with Gasteiger partial charge in [-0.25, -0.2) is 4.68 Å². The van der Waals surface area contributed by atoms with Crippen molar-refractivity contribution in [2.45, 2.75) is 27.3 Å². The van der Waals surface area contributed by atoms with E-state index in [2.05, 4.69) is 15.7 Å². The lowest BCUT2D eigenvalue weighted by atomic mass is 10.1. The van der Waals surface area contributed by atoms with Crippen molar-refractivity contribution < 1.29 is 14.0 Å². The summed E-state index contributed by atoms with van der Waals surface area (Å²) in [6, 6.07) is 20.7. The molecular weight excluding hydrogens is 416 g/mol. The zero-order valence-electron chi connectivity index (χ0n) is 18.8. The SMILES string of the molecule is Cc1ccc(-c2nn(-c3ccccc3)cc2C(=O)NCc2cccc(NC(=O)C(C)C)c2)o1. The predicted molar refractivity (Wildman–Crippen MR) is 127 cm³/mol. The largest absolute Gasteiger partial charge is 0.460 e. The first-order valence-electron chi connectivity index (χ1n) is 10.8. The Hall–Kier alpha value is -4.13. The number of carbonyl (C=O) groups is 2. The summed E-state index contributed by atoms with van der Waals surface area (Å²) in [4.78, 5) is 25.1. The fraction of sp³-hybridized carbons (Fsp3) is 0.192. The van der Waals surface area contributed by atoms with E-state index < -0.39 is 0 Å². The van der Waals surface area contributed by atoms with Gasteiger partial charge in [0.25, 0.3) is 5.91 Å². The molecule has 33 heavy (non-hydrogen) atoms. The van der Waals surface area contributed by atoms with Crippen molar-refractivity contribution in [1.82, 2.24) is 15.1 Å². The van der Waals surface area contributed by atoms with Gasteiger partial charge < -0.3 is 15.1 Å². The van der Waals surface area contributed by atoms with Crippen molar-refractivity contribution in [3.05, 3.63) is 89.8 Å². The maximum Gasteiger partial charge on any atom is 0.255 e. The Bertz CT molecular complexity index is 1270. The molecule has 2 N–H and O–H groups in total. The summed E-state index contributed by atoms with van der Waals surface area (Å²) in [5.74, 6) is 0.843. The van der Waals surface area contributed by atoms with Crippen molar-refractivity contribution in [2.75, 3.05) is 5.32 Å². The van der Waals surface area contributed by atoms with E-state index in [1.54, 1.807) is 10.9 Å². The van der Waals surface area contributed by atoms with Gasteiger partial charge in [-0.05, 0) is 48.9 Å². The number of benzene rings is 2. The van der Waals surface area contributed by atoms with Gasteiger partial charge in [-0.15, -0.1) is 0 Å². The van der Waals surface area contributed by atoms with Gasteiger partial charge in [0.05, 0.1) is 11.3 Å². The summed E-state index contributed by atoms with van der Waals surface area (Å²) in [7, 11) is 0. The monoisotopic (exact) mass is 442 g/mol. The molecule has 0 radical (unpaired) electrons. The molecule has 0 atom stereocenters. The Labute approximate surface area is 192 Å². The quantitative estimate of drug-likeness (QED) is 0.423. The average Bonchev–Trinajstić information content (AvgIpc) is 3.45. The topological polar surface area (TPSA) is 89.2 Å². The second-order valence-corrected chi connectivity index (χ2v) is 8.11. The fourth-order valence-corrected chi connectivity index (χ4v) is 3.32. The molecule has 0 fully saturated rings. The molecule has 2 aromatic carbocycles. The second-order valence-electron chi connectivity index (χ2n) is 8.11. The van der Waals surface area contributed by atoms with Crippen LogP contribution >= 0.6 is 0 Å². The van der Waals surface area contributed by atoms with Crippen LogP contribution in [-0.4, -0.2) is 21.6 Å². The summed E-state index contributed by atoms with van der Waals surface area (Å²) in [6.07, 6.45) is 1.71. The van der Waals surface area contributed by atoms with Crippen LogP contribution in [0, 0.1) is 12.8 Å². The molecule has 7 heteroatoms. The van der Waals surface area contributed by atoms with Gasteiger partial charge in [0.1, 0.15) is 11.5 Å². The van der Waals surface area contributed by atoms with Crippen LogP contribution in [0.4, 0.5) is 5.69 Å². The van der Waals surface area contributed by atoms with E-state index in [1.807, 2.05) is 87.5 Å². The van der Waals surface area contributed by atoms with Crippen LogP contribution < -0.4 is 10.6 Å². The molecule has 0 bridgehead atoms. The zero-order chi connectivity index (χ0) is 23.4. The van der Waals surface area contributed by atoms with E-state index in [1.165, 1.54) is 0 Å². The number of anilines is 1. The van der Waals surface area contributed by atoms with Crippen molar-refractivity contribution in [1.29, 1.82) is 0 Å². The lowest BCUT2D eigenvalue weighted by Crippen LogP contribution is -2.23. The first-order valence-corrected chi connectivity index (χ1v) is 10.8. The highest BCUT2D eigenvalue weighted by Gasteiger charge is 2.21. The number of para-hydroxylation sites is 1. The number of carbonyl (C=O) groups excluding carboxylic acids is 2. The third-order valence-corrected chi connectivity index (χ3v) is 5.13. The molecule has 4 rings (SSSR count). The lowest BCUT2D eigenvalue weighted by molar-refractivity contribution is -0.118. The zero-order valence-corrected chi connectivity index (χ0v) is 18.8. The Morgan fingerprint density at radius 1 is 1.03 bits per heavy atom. The average molecular weight is 443 g/mol. The summed E-state index contributed by atoms with van der Waals surface area (Å²) >= 11 is 0. The molecule has 0 aliphatic rings. The van der Waals surface area contributed by atoms with Crippen LogP contribution in [0.5, 0.6) is 0 Å². The second kappa shape index (κ2) is 9.56. The van der Waals surface area contributed by atoms with E-state index in [0.717, 1.165) is 17.0 Å². The number of nitrogens with one attached hydrogen (secondary N) is 2. The van der Waals surface area contributed by atoms with E-state index in [-0.39, 0.29) is 17.7 Å². The molecule has 7 nitrogen and oxygen atoms in total. The van der Waals surface area contributed by atoms with Gasteiger partial charge in [-0.1, -0.05) is 44.2 Å². The maximum atomic E-state index is 13.1. The number of amides is 2. The molecule has 2 aromatic heterocycles. The van der Waals surface area contributed by atoms with Gasteiger partial charge in [0.2, 0.25) is 5.91 Å². The molecule has 0 aliphatic heterocycles. The number of aryl methyl sites for hydroxylation is 1. The standard InChI is InChI=1S/C26H26N4O3/c1-17(2)25(31)28-20-9-7-8-19(14-20)15-27-26(32)22-16-30(21-10-5-4-6-11-21)29-24(22)23-13-12-18(3)33-23/h4-14,16-17H,15H2,1-3H3,(H,27,32)(H,28,31). The van der Waals surface area contributed by atoms with E-state index in [9.17, 15) is 9.59 Å². The number of aromatic nitrogens is 2. The number of nitrogens with zero attached hydrogens (tertiary/aromatic N) is 2. The molecule has 168 valence electrons. The lowest BCUT2D eigenvalue weighted by Gasteiger charge is -2.10. The van der Waals surface area contributed by atoms with E-state index >= 15 is 0 Å². The third kappa shape index (κ3) is 5.20. The summed E-state index contributed by atoms with van der Waals surface area (Å²) in [5.41, 5.74) is 3.30. The van der Waals surface area contributed by atoms with Crippen LogP contribution in [0.1, 0.15) is 35.5 Å². The third-order valence-electron chi connectivity index (χ3n) is 5.13. The minimum atomic E-state index is -0.266. The maximum absolute atomic E-state index is 13.1. The fourth-order valence-electron chi connectivity index (χ4n) is 3.32. The van der Waals surface area contributed by atoms with Gasteiger partial charge in [-0.2, -0.15) is 5.10 Å². The summed E-state index contributed by atoms with van der Waals surface area (Å²) < 4.78 is 7.42. The van der Waals surface area contributed by atoms with Gasteiger partial charge in [0.15, 0.2) is 5.76 Å². The Balaban J connectivity index is 1.56. The summed E-state index contributed by atoms with van der Waals surface area (Å²) in [5, 5.41) is 10.4. The van der Waals surface area contributed by atoms with Crippen molar-refractivity contribution in [2.24, 2.45) is 5.92 Å². The number of furan rings is 1. The van der Waals surface area contributed by atoms with Gasteiger partial charge in [0, 0.05) is 24.3 Å². The van der Waals surface area contributed by atoms with Crippen molar-refractivity contribution in [3.8, 4) is 17.1 Å². The molecule has 0 saturated heterocycles. The molecule has 0 spiro atoms. The number of rotatable bonds is 7. The van der Waals surface area contributed by atoms with Crippen molar-refractivity contribution in [3.63, 3.8) is 0 Å². The molecule has 0 saturated carbocycles. The van der Waals surface area contributed by atoms with Gasteiger partial charge in [-0.3, -0.25) is 9.59 Å². The molecule has 2 heterocycles. The van der Waals surface area contributed by atoms with Crippen LogP contribution in [-0.2, 0) is 11.3 Å². The minimum absolute atomic E-state index is 0.0529. The Morgan fingerprint density at radius 2 is 1.82 bits per heavy atom. The first-order chi connectivity index (χ1) is 15.9. The highest BCUT2D eigenvalue weighted by atomic mass is 16.3. The van der Waals surface area contributed by atoms with E-state index in [0.29, 0.717) is 29.2 Å². The smallest absolute Gasteiger partial charge is 0.255 e. The van der Waals surface area contributed by atoms with Crippen LogP contribution in [0.2, 0.25) is 0 Å². The highest BCUT2D eigenvalue weighted by molar-refractivity contribution is 5.99. The minimum Gasteiger partial charge on any atom is -0.460 e. The van der Waals surface area contributed by atoms with E-state index in [4.69, 9.17) is 4.42 Å². The Kier molecular flexibility index (Phi) is 6.40. The number of hydrogen-bond donors (Lipinski definition) is 2. The first kappa shape index (κ1) is 22.1. The molecular formula is C26H26N4O3. The molecule has 0 unspecified atom stereocenters. The van der Waals surface area contributed by atoms with Gasteiger partial charge >= 0.3 is 0 Å². The van der Waals surface area contributed by atoms with Crippen LogP contribution in [0.15, 0.2) is 77.3 Å². The predicted octanol–water partition coefficient (Wildman–Crippen LogP) is 4.97. The van der Waals surface area contributed by atoms with Crippen molar-refractivity contribution >= 4 is 17.5 Å².